The van der Waals surface area contributed by atoms with Crippen LogP contribution in [0.1, 0.15) is 31.9 Å². The van der Waals surface area contributed by atoms with Crippen molar-refractivity contribution in [3.8, 4) is 0 Å². The van der Waals surface area contributed by atoms with E-state index < -0.39 is 10.0 Å². The van der Waals surface area contributed by atoms with Crippen LogP contribution in [0.25, 0.3) is 0 Å². The number of benzene rings is 1. The van der Waals surface area contributed by atoms with Gasteiger partial charge in [-0.1, -0.05) is 12.1 Å². The zero-order valence-electron chi connectivity index (χ0n) is 11.9. The molecule has 1 aromatic rings. The third-order valence-electron chi connectivity index (χ3n) is 2.81. The summed E-state index contributed by atoms with van der Waals surface area (Å²) in [7, 11) is -3.72. The Morgan fingerprint density at radius 1 is 1.24 bits per heavy atom. The SMILES string of the molecule is CC(=O)NCCC(=O)NC(C)c1ccc(S(N)(=O)=O)cc1. The predicted molar refractivity (Wildman–Crippen MR) is 77.7 cm³/mol. The van der Waals surface area contributed by atoms with E-state index >= 15 is 0 Å². The predicted octanol–water partition coefficient (Wildman–Crippen LogP) is 0.0374. The van der Waals surface area contributed by atoms with Crippen LogP contribution in [0.15, 0.2) is 29.2 Å². The van der Waals surface area contributed by atoms with Crippen molar-refractivity contribution in [2.75, 3.05) is 6.54 Å². The molecule has 0 aliphatic carbocycles. The summed E-state index contributed by atoms with van der Waals surface area (Å²) in [6.07, 6.45) is 0.180. The molecular weight excluding hydrogens is 294 g/mol. The molecular formula is C13H19N3O4S. The Morgan fingerprint density at radius 2 is 1.81 bits per heavy atom. The van der Waals surface area contributed by atoms with Gasteiger partial charge in [-0.25, -0.2) is 13.6 Å². The van der Waals surface area contributed by atoms with Gasteiger partial charge in [0.25, 0.3) is 0 Å². The lowest BCUT2D eigenvalue weighted by atomic mass is 10.1. The van der Waals surface area contributed by atoms with Crippen molar-refractivity contribution in [3.63, 3.8) is 0 Å². The average Bonchev–Trinajstić information content (AvgIpc) is 2.37. The van der Waals surface area contributed by atoms with E-state index in [0.29, 0.717) is 0 Å². The third-order valence-corrected chi connectivity index (χ3v) is 3.74. The van der Waals surface area contributed by atoms with Gasteiger partial charge in [0.2, 0.25) is 21.8 Å². The van der Waals surface area contributed by atoms with Gasteiger partial charge in [-0.3, -0.25) is 9.59 Å². The van der Waals surface area contributed by atoms with E-state index in [1.54, 1.807) is 19.1 Å². The van der Waals surface area contributed by atoms with E-state index in [1.165, 1.54) is 19.1 Å². The first-order valence-electron chi connectivity index (χ1n) is 6.36. The number of carbonyl (C=O) groups excluding carboxylic acids is 2. The molecule has 0 aliphatic rings. The van der Waals surface area contributed by atoms with E-state index in [-0.39, 0.29) is 35.7 Å². The molecule has 1 aromatic carbocycles. The Hall–Kier alpha value is -1.93. The Morgan fingerprint density at radius 3 is 2.29 bits per heavy atom. The normalized spacial score (nSPS) is 12.5. The molecule has 0 spiro atoms. The topological polar surface area (TPSA) is 118 Å². The van der Waals surface area contributed by atoms with E-state index in [4.69, 9.17) is 5.14 Å². The number of nitrogens with two attached hydrogens (primary N) is 1. The Balaban J connectivity index is 2.57. The highest BCUT2D eigenvalue weighted by Gasteiger charge is 2.12. The molecule has 116 valence electrons. The first-order chi connectivity index (χ1) is 9.70. The molecule has 0 saturated carbocycles. The number of nitrogens with one attached hydrogen (secondary N) is 2. The van der Waals surface area contributed by atoms with Crippen molar-refractivity contribution >= 4 is 21.8 Å². The minimum absolute atomic E-state index is 0.0236. The van der Waals surface area contributed by atoms with Crippen molar-refractivity contribution in [1.29, 1.82) is 0 Å². The second-order valence-electron chi connectivity index (χ2n) is 4.64. The van der Waals surface area contributed by atoms with Gasteiger partial charge in [0.05, 0.1) is 10.9 Å². The maximum atomic E-state index is 11.7. The number of hydrogen-bond acceptors (Lipinski definition) is 4. The number of sulfonamides is 1. The quantitative estimate of drug-likeness (QED) is 0.687. The smallest absolute Gasteiger partial charge is 0.238 e. The molecule has 0 fully saturated rings. The second kappa shape index (κ2) is 7.19. The minimum atomic E-state index is -3.72. The van der Waals surface area contributed by atoms with Gasteiger partial charge in [-0.05, 0) is 24.6 Å². The summed E-state index contributed by atoms with van der Waals surface area (Å²) in [4.78, 5) is 22.4. The van der Waals surface area contributed by atoms with Crippen LogP contribution in [0.4, 0.5) is 0 Å². The lowest BCUT2D eigenvalue weighted by molar-refractivity contribution is -0.122. The van der Waals surface area contributed by atoms with Crippen LogP contribution in [0.5, 0.6) is 0 Å². The van der Waals surface area contributed by atoms with Crippen LogP contribution >= 0.6 is 0 Å². The molecule has 0 aliphatic heterocycles. The van der Waals surface area contributed by atoms with Crippen molar-refractivity contribution in [1.82, 2.24) is 10.6 Å². The van der Waals surface area contributed by atoms with Gasteiger partial charge >= 0.3 is 0 Å². The van der Waals surface area contributed by atoms with Gasteiger partial charge in [-0.2, -0.15) is 0 Å². The van der Waals surface area contributed by atoms with Gasteiger partial charge in [0.1, 0.15) is 0 Å². The Labute approximate surface area is 124 Å². The van der Waals surface area contributed by atoms with Gasteiger partial charge in [0, 0.05) is 19.9 Å². The number of rotatable bonds is 6. The Bertz CT molecular complexity index is 611. The van der Waals surface area contributed by atoms with Crippen molar-refractivity contribution in [3.05, 3.63) is 29.8 Å². The van der Waals surface area contributed by atoms with Crippen molar-refractivity contribution < 1.29 is 18.0 Å². The molecule has 8 heteroatoms. The van der Waals surface area contributed by atoms with Crippen LogP contribution in [0, 0.1) is 0 Å². The maximum absolute atomic E-state index is 11.7. The molecule has 2 amide bonds. The van der Waals surface area contributed by atoms with Crippen LogP contribution < -0.4 is 15.8 Å². The molecule has 0 bridgehead atoms. The fourth-order valence-electron chi connectivity index (χ4n) is 1.70. The summed E-state index contributed by atoms with van der Waals surface area (Å²) in [5, 5.41) is 10.3. The molecule has 1 unspecified atom stereocenters. The zero-order chi connectivity index (χ0) is 16.0. The van der Waals surface area contributed by atoms with Gasteiger partial charge in [-0.15, -0.1) is 0 Å². The highest BCUT2D eigenvalue weighted by molar-refractivity contribution is 7.89. The summed E-state index contributed by atoms with van der Waals surface area (Å²) in [6, 6.07) is 5.70. The summed E-state index contributed by atoms with van der Waals surface area (Å²) >= 11 is 0. The summed E-state index contributed by atoms with van der Waals surface area (Å²) < 4.78 is 22.3. The highest BCUT2D eigenvalue weighted by Crippen LogP contribution is 2.15. The van der Waals surface area contributed by atoms with Crippen LogP contribution in [-0.4, -0.2) is 26.8 Å². The number of amides is 2. The summed E-state index contributed by atoms with van der Waals surface area (Å²) in [5.74, 6) is -0.388. The fraction of sp³-hybridized carbons (Fsp3) is 0.385. The van der Waals surface area contributed by atoms with E-state index in [2.05, 4.69) is 10.6 Å². The molecule has 1 rings (SSSR count). The lowest BCUT2D eigenvalue weighted by Crippen LogP contribution is -2.31. The van der Waals surface area contributed by atoms with Gasteiger partial charge < -0.3 is 10.6 Å². The molecule has 0 heterocycles. The van der Waals surface area contributed by atoms with Gasteiger partial charge in [0.15, 0.2) is 0 Å². The first-order valence-corrected chi connectivity index (χ1v) is 7.91. The van der Waals surface area contributed by atoms with Crippen LogP contribution in [0.3, 0.4) is 0 Å². The van der Waals surface area contributed by atoms with Crippen molar-refractivity contribution in [2.24, 2.45) is 5.14 Å². The maximum Gasteiger partial charge on any atom is 0.238 e. The van der Waals surface area contributed by atoms with Crippen LogP contribution in [0.2, 0.25) is 0 Å². The van der Waals surface area contributed by atoms with E-state index in [0.717, 1.165) is 5.56 Å². The fourth-order valence-corrected chi connectivity index (χ4v) is 2.21. The molecule has 21 heavy (non-hydrogen) atoms. The van der Waals surface area contributed by atoms with E-state index in [1.807, 2.05) is 0 Å². The molecule has 0 aromatic heterocycles. The summed E-state index contributed by atoms with van der Waals surface area (Å²) in [5.41, 5.74) is 0.760. The molecule has 1 atom stereocenters. The standard InChI is InChI=1S/C13H19N3O4S/c1-9(16-13(18)7-8-15-10(2)17)11-3-5-12(6-4-11)21(14,19)20/h3-6,9H,7-8H2,1-2H3,(H,15,17)(H,16,18)(H2,14,19,20). The van der Waals surface area contributed by atoms with Crippen LogP contribution in [-0.2, 0) is 19.6 Å². The molecule has 0 radical (unpaired) electrons. The molecule has 4 N–H and O–H groups in total. The Kier molecular flexibility index (Phi) is 5.86. The summed E-state index contributed by atoms with van der Waals surface area (Å²) in [6.45, 7) is 3.44. The monoisotopic (exact) mass is 313 g/mol. The number of primary sulfonamides is 1. The average molecular weight is 313 g/mol. The number of hydrogen-bond donors (Lipinski definition) is 3. The molecule has 0 saturated heterocycles. The minimum Gasteiger partial charge on any atom is -0.356 e. The second-order valence-corrected chi connectivity index (χ2v) is 6.20. The molecule has 7 nitrogen and oxygen atoms in total. The van der Waals surface area contributed by atoms with E-state index in [9.17, 15) is 18.0 Å². The lowest BCUT2D eigenvalue weighted by Gasteiger charge is -2.14. The number of carbonyl (C=O) groups is 2. The third kappa shape index (κ3) is 5.92. The van der Waals surface area contributed by atoms with Crippen molar-refractivity contribution in [2.45, 2.75) is 31.2 Å². The highest BCUT2D eigenvalue weighted by atomic mass is 32.2. The largest absolute Gasteiger partial charge is 0.356 e. The first kappa shape index (κ1) is 17.1. The zero-order valence-corrected chi connectivity index (χ0v) is 12.7.